The number of piperidine rings is 1. The summed E-state index contributed by atoms with van der Waals surface area (Å²) in [5.41, 5.74) is -2.44. The van der Waals surface area contributed by atoms with Gasteiger partial charge in [0, 0.05) is 36.4 Å². The van der Waals surface area contributed by atoms with Crippen LogP contribution in [0.25, 0.3) is 10.1 Å². The molecule has 0 saturated carbocycles. The van der Waals surface area contributed by atoms with Gasteiger partial charge in [-0.2, -0.15) is 26.3 Å². The molecule has 0 radical (unpaired) electrons. The van der Waals surface area contributed by atoms with Crippen LogP contribution in [0.2, 0.25) is 0 Å². The van der Waals surface area contributed by atoms with Crippen LogP contribution in [-0.4, -0.2) is 68.4 Å². The fraction of sp³-hybridized carbons (Fsp3) is 0.324. The molecule has 8 nitrogen and oxygen atoms in total. The van der Waals surface area contributed by atoms with Crippen molar-refractivity contribution in [3.05, 3.63) is 87.5 Å². The first-order chi connectivity index (χ1) is 23.5. The van der Waals surface area contributed by atoms with Crippen LogP contribution in [0.5, 0.6) is 5.75 Å². The number of ether oxygens (including phenoxy) is 1. The zero-order valence-corrected chi connectivity index (χ0v) is 27.7. The predicted molar refractivity (Wildman–Crippen MR) is 174 cm³/mol. The molecule has 1 atom stereocenters. The second-order valence-corrected chi connectivity index (χ2v) is 13.0. The monoisotopic (exact) mass is 724 g/mol. The Bertz CT molecular complexity index is 1940. The summed E-state index contributed by atoms with van der Waals surface area (Å²) >= 11 is 0.584. The number of benzene rings is 3. The van der Waals surface area contributed by atoms with E-state index in [1.807, 2.05) is 4.90 Å². The molecule has 50 heavy (non-hydrogen) atoms. The Kier molecular flexibility index (Phi) is 10.4. The van der Waals surface area contributed by atoms with Gasteiger partial charge in [0.05, 0.1) is 36.0 Å². The Morgan fingerprint density at radius 2 is 1.68 bits per heavy atom. The number of alkyl halides is 6. The van der Waals surface area contributed by atoms with Gasteiger partial charge < -0.3 is 20.3 Å². The summed E-state index contributed by atoms with van der Waals surface area (Å²) in [6, 6.07) is 9.47. The zero-order valence-electron chi connectivity index (χ0n) is 26.9. The van der Waals surface area contributed by atoms with Crippen molar-refractivity contribution in [2.75, 3.05) is 51.5 Å². The summed E-state index contributed by atoms with van der Waals surface area (Å²) in [6.45, 7) is 1.50. The summed E-state index contributed by atoms with van der Waals surface area (Å²) in [6.07, 6.45) is -8.21. The topological polar surface area (TPSA) is 91.0 Å². The molecule has 5 rings (SSSR count). The van der Waals surface area contributed by atoms with E-state index >= 15 is 0 Å². The summed E-state index contributed by atoms with van der Waals surface area (Å²) in [7, 11) is 4.69. The van der Waals surface area contributed by atoms with E-state index in [1.54, 1.807) is 32.3 Å². The number of hydrogen-bond acceptors (Lipinski definition) is 6. The number of anilines is 2. The Labute approximate surface area is 285 Å². The van der Waals surface area contributed by atoms with E-state index in [4.69, 9.17) is 4.74 Å². The van der Waals surface area contributed by atoms with Crippen molar-refractivity contribution in [2.24, 2.45) is 0 Å². The number of thiophene rings is 1. The van der Waals surface area contributed by atoms with Crippen molar-refractivity contribution < 1.29 is 49.9 Å². The fourth-order valence-corrected chi connectivity index (χ4v) is 6.80. The van der Waals surface area contributed by atoms with E-state index in [-0.39, 0.29) is 50.3 Å². The number of likely N-dealkylation sites (tertiary alicyclic amines) is 1. The average molecular weight is 725 g/mol. The minimum atomic E-state index is -5.07. The molecule has 3 aromatic carbocycles. The van der Waals surface area contributed by atoms with Gasteiger partial charge in [0.25, 0.3) is 11.8 Å². The van der Waals surface area contributed by atoms with Gasteiger partial charge in [-0.3, -0.25) is 19.3 Å². The molecule has 1 unspecified atom stereocenters. The first-order valence-electron chi connectivity index (χ1n) is 15.2. The van der Waals surface area contributed by atoms with E-state index in [1.165, 1.54) is 12.0 Å². The van der Waals surface area contributed by atoms with Crippen molar-refractivity contribution in [3.8, 4) is 5.75 Å². The van der Waals surface area contributed by atoms with Crippen molar-refractivity contribution in [2.45, 2.75) is 31.1 Å². The molecule has 16 heteroatoms. The lowest BCUT2D eigenvalue weighted by atomic mass is 9.89. The summed E-state index contributed by atoms with van der Waals surface area (Å²) in [4.78, 5) is 42.9. The highest BCUT2D eigenvalue weighted by atomic mass is 32.1. The highest BCUT2D eigenvalue weighted by Gasteiger charge is 2.35. The van der Waals surface area contributed by atoms with Gasteiger partial charge in [-0.1, -0.05) is 12.1 Å². The lowest BCUT2D eigenvalue weighted by molar-refractivity contribution is -0.140. The van der Waals surface area contributed by atoms with E-state index in [2.05, 4.69) is 10.6 Å². The molecule has 4 aromatic rings. The fourth-order valence-electron chi connectivity index (χ4n) is 5.71. The smallest absolute Gasteiger partial charge is 0.419 e. The molecule has 1 aromatic heterocycles. The predicted octanol–water partition coefficient (Wildman–Crippen LogP) is 7.86. The standard InChI is InChI=1S/C34H31F7N4O4S/c1-44(2)28(46)17-45-12-4-5-19(16-45)18-6-11-26(49-3)23(13-18)31(47)43-29-22-9-7-20(33(36,37)38)14-27(22)50-30(29)32(48)42-21-8-10-25(35)24(15-21)34(39,40)41/h6-11,13-15,19H,4-5,12,16-17H2,1-3H3,(H,42,48)(H,43,47). The molecule has 1 aliphatic heterocycles. The number of fused-ring (bicyclic) bond motifs is 1. The highest BCUT2D eigenvalue weighted by molar-refractivity contribution is 7.21. The Hall–Kier alpha value is -4.70. The van der Waals surface area contributed by atoms with E-state index < -0.39 is 46.8 Å². The molecular weight excluding hydrogens is 693 g/mol. The maximum Gasteiger partial charge on any atom is 0.419 e. The van der Waals surface area contributed by atoms with Crippen LogP contribution < -0.4 is 15.4 Å². The number of methoxy groups -OCH3 is 1. The van der Waals surface area contributed by atoms with Crippen molar-refractivity contribution in [1.29, 1.82) is 0 Å². The van der Waals surface area contributed by atoms with Crippen LogP contribution in [0, 0.1) is 5.82 Å². The quantitative estimate of drug-likeness (QED) is 0.181. The number of likely N-dealkylation sites (N-methyl/N-ethyl adjacent to an activating group) is 1. The molecule has 2 N–H and O–H groups in total. The lowest BCUT2D eigenvalue weighted by Gasteiger charge is -2.33. The van der Waals surface area contributed by atoms with E-state index in [0.717, 1.165) is 49.2 Å². The summed E-state index contributed by atoms with van der Waals surface area (Å²) in [5.74, 6) is -3.32. The number of carbonyl (C=O) groups is 3. The number of rotatable bonds is 8. The number of amides is 3. The molecule has 1 aliphatic rings. The minimum Gasteiger partial charge on any atom is -0.496 e. The molecule has 1 saturated heterocycles. The molecular formula is C34H31F7N4O4S. The van der Waals surface area contributed by atoms with Gasteiger partial charge in [0.1, 0.15) is 16.4 Å². The van der Waals surface area contributed by atoms with Crippen molar-refractivity contribution in [3.63, 3.8) is 0 Å². The van der Waals surface area contributed by atoms with Gasteiger partial charge >= 0.3 is 12.4 Å². The van der Waals surface area contributed by atoms with Gasteiger partial charge in [0.2, 0.25) is 5.91 Å². The molecule has 1 fully saturated rings. The van der Waals surface area contributed by atoms with Gasteiger partial charge in [-0.05, 0) is 73.3 Å². The van der Waals surface area contributed by atoms with Crippen molar-refractivity contribution in [1.82, 2.24) is 9.80 Å². The van der Waals surface area contributed by atoms with Crippen LogP contribution in [0.15, 0.2) is 54.6 Å². The third-order valence-electron chi connectivity index (χ3n) is 8.29. The largest absolute Gasteiger partial charge is 0.496 e. The maximum atomic E-state index is 13.9. The summed E-state index contributed by atoms with van der Waals surface area (Å²) in [5, 5.41) is 4.92. The SMILES string of the molecule is COc1ccc(C2CCCN(CC(=O)N(C)C)C2)cc1C(=O)Nc1c(C(=O)Nc2ccc(F)c(C(F)(F)F)c2)sc2cc(C(F)(F)F)ccc12. The number of nitrogens with zero attached hydrogens (tertiary/aromatic N) is 2. The molecule has 0 spiro atoms. The second-order valence-electron chi connectivity index (χ2n) is 11.9. The number of carbonyl (C=O) groups excluding carboxylic acids is 3. The van der Waals surface area contributed by atoms with Crippen LogP contribution >= 0.6 is 11.3 Å². The van der Waals surface area contributed by atoms with E-state index in [0.29, 0.717) is 30.0 Å². The highest BCUT2D eigenvalue weighted by Crippen LogP contribution is 2.41. The Balaban J connectivity index is 1.50. The van der Waals surface area contributed by atoms with Crippen LogP contribution in [0.1, 0.15) is 55.5 Å². The minimum absolute atomic E-state index is 0.0364. The molecule has 0 bridgehead atoms. The van der Waals surface area contributed by atoms with Crippen LogP contribution in [0.3, 0.4) is 0 Å². The third-order valence-corrected chi connectivity index (χ3v) is 9.45. The van der Waals surface area contributed by atoms with Crippen LogP contribution in [-0.2, 0) is 17.1 Å². The Morgan fingerprint density at radius 3 is 2.34 bits per heavy atom. The van der Waals surface area contributed by atoms with Crippen molar-refractivity contribution >= 4 is 50.5 Å². The number of hydrogen-bond donors (Lipinski definition) is 2. The maximum absolute atomic E-state index is 13.9. The summed E-state index contributed by atoms with van der Waals surface area (Å²) < 4.78 is 99.9. The lowest BCUT2D eigenvalue weighted by Crippen LogP contribution is -2.41. The van der Waals surface area contributed by atoms with Gasteiger partial charge in [0.15, 0.2) is 0 Å². The van der Waals surface area contributed by atoms with Gasteiger partial charge in [-0.25, -0.2) is 4.39 Å². The van der Waals surface area contributed by atoms with Crippen LogP contribution in [0.4, 0.5) is 42.1 Å². The molecule has 0 aliphatic carbocycles. The zero-order chi connectivity index (χ0) is 36.5. The number of halogens is 7. The molecule has 266 valence electrons. The number of nitrogens with one attached hydrogen (secondary N) is 2. The second kappa shape index (κ2) is 14.3. The first kappa shape index (κ1) is 36.6. The normalized spacial score (nSPS) is 15.5. The average Bonchev–Trinajstić information content (AvgIpc) is 3.42. The first-order valence-corrected chi connectivity index (χ1v) is 16.0. The van der Waals surface area contributed by atoms with E-state index in [9.17, 15) is 45.1 Å². The third kappa shape index (κ3) is 8.02. The van der Waals surface area contributed by atoms with Gasteiger partial charge in [-0.15, -0.1) is 11.3 Å². The Morgan fingerprint density at radius 1 is 0.940 bits per heavy atom. The molecule has 3 amide bonds. The molecule has 2 heterocycles.